The van der Waals surface area contributed by atoms with Gasteiger partial charge >= 0.3 is 0 Å². The molecular weight excluding hydrogens is 278 g/mol. The van der Waals surface area contributed by atoms with Gasteiger partial charge in [-0.25, -0.2) is 8.42 Å². The molecule has 0 spiro atoms. The third kappa shape index (κ3) is 2.03. The van der Waals surface area contributed by atoms with Crippen LogP contribution in [0, 0.1) is 0 Å². The molecule has 0 saturated heterocycles. The zero-order chi connectivity index (χ0) is 14.4. The molecule has 1 heterocycles. The topological polar surface area (TPSA) is 99.1 Å². The van der Waals surface area contributed by atoms with Gasteiger partial charge in [-0.15, -0.1) is 0 Å². The van der Waals surface area contributed by atoms with E-state index in [4.69, 9.17) is 10.3 Å². The van der Waals surface area contributed by atoms with Crippen molar-refractivity contribution in [2.24, 2.45) is 5.73 Å². The summed E-state index contributed by atoms with van der Waals surface area (Å²) in [5.74, 6) is 0.833. The van der Waals surface area contributed by atoms with Crippen molar-refractivity contribution in [2.75, 3.05) is 6.26 Å². The second-order valence-corrected chi connectivity index (χ2v) is 7.39. The van der Waals surface area contributed by atoms with Crippen LogP contribution in [0.2, 0.25) is 0 Å². The quantitative estimate of drug-likeness (QED) is 0.910. The van der Waals surface area contributed by atoms with Gasteiger partial charge < -0.3 is 10.3 Å². The summed E-state index contributed by atoms with van der Waals surface area (Å²) < 4.78 is 28.0. The van der Waals surface area contributed by atoms with E-state index in [2.05, 4.69) is 10.1 Å². The molecule has 0 atom stereocenters. The van der Waals surface area contributed by atoms with E-state index in [9.17, 15) is 8.42 Å². The van der Waals surface area contributed by atoms with E-state index < -0.39 is 14.6 Å². The second-order valence-electron chi connectivity index (χ2n) is 5.06. The number of nitrogens with zero attached hydrogens (tertiary/aromatic N) is 2. The maximum absolute atomic E-state index is 11.9. The van der Waals surface area contributed by atoms with Crippen molar-refractivity contribution in [1.29, 1.82) is 0 Å². The number of rotatable bonds is 4. The van der Waals surface area contributed by atoms with Gasteiger partial charge in [-0.3, -0.25) is 0 Å². The first-order valence-corrected chi connectivity index (χ1v) is 8.18. The fraction of sp³-hybridized carbons (Fsp3) is 0.385. The first-order valence-electron chi connectivity index (χ1n) is 6.29. The Balaban J connectivity index is 1.93. The van der Waals surface area contributed by atoms with Gasteiger partial charge in [0.05, 0.1) is 11.3 Å². The first kappa shape index (κ1) is 13.3. The lowest BCUT2D eigenvalue weighted by Crippen LogP contribution is -2.19. The van der Waals surface area contributed by atoms with Crippen molar-refractivity contribution in [3.05, 3.63) is 35.7 Å². The Morgan fingerprint density at radius 3 is 2.40 bits per heavy atom. The van der Waals surface area contributed by atoms with Gasteiger partial charge in [0.25, 0.3) is 0 Å². The normalized spacial score (nSPS) is 17.1. The third-order valence-electron chi connectivity index (χ3n) is 3.73. The minimum atomic E-state index is -3.09. The van der Waals surface area contributed by atoms with Gasteiger partial charge in [0.15, 0.2) is 9.84 Å². The van der Waals surface area contributed by atoms with E-state index in [0.717, 1.165) is 11.1 Å². The molecule has 0 aliphatic heterocycles. The molecule has 0 amide bonds. The fourth-order valence-electron chi connectivity index (χ4n) is 2.37. The largest absolute Gasteiger partial charge is 0.338 e. The van der Waals surface area contributed by atoms with Crippen molar-refractivity contribution in [3.8, 4) is 11.4 Å². The van der Waals surface area contributed by atoms with Crippen molar-refractivity contribution >= 4 is 9.84 Å². The standard InChI is InChI=1S/C13H15N3O3S/c1-20(17,18)13(6-7-13)10-4-2-9(3-5-10)12-15-11(8-14)19-16-12/h2-5H,6-8,14H2,1H3. The molecular formula is C13H15N3O3S. The summed E-state index contributed by atoms with van der Waals surface area (Å²) >= 11 is 0. The number of aromatic nitrogens is 2. The molecule has 106 valence electrons. The summed E-state index contributed by atoms with van der Waals surface area (Å²) in [6.45, 7) is 0.197. The van der Waals surface area contributed by atoms with Gasteiger partial charge in [-0.1, -0.05) is 29.4 Å². The second kappa shape index (κ2) is 4.39. The lowest BCUT2D eigenvalue weighted by atomic mass is 10.1. The Bertz CT molecular complexity index is 730. The van der Waals surface area contributed by atoms with Gasteiger partial charge in [0, 0.05) is 11.8 Å². The van der Waals surface area contributed by atoms with E-state index in [-0.39, 0.29) is 6.54 Å². The molecule has 7 heteroatoms. The van der Waals surface area contributed by atoms with Crippen molar-refractivity contribution < 1.29 is 12.9 Å². The number of nitrogens with two attached hydrogens (primary N) is 1. The van der Waals surface area contributed by atoms with Crippen LogP contribution in [0.1, 0.15) is 24.3 Å². The molecule has 20 heavy (non-hydrogen) atoms. The molecule has 2 aromatic rings. The Kier molecular flexibility index (Phi) is 2.91. The smallest absolute Gasteiger partial charge is 0.240 e. The fourth-order valence-corrected chi connectivity index (χ4v) is 3.77. The summed E-state index contributed by atoms with van der Waals surface area (Å²) in [7, 11) is -3.09. The average molecular weight is 293 g/mol. The van der Waals surface area contributed by atoms with E-state index in [1.165, 1.54) is 6.26 Å². The highest BCUT2D eigenvalue weighted by Gasteiger charge is 2.53. The monoisotopic (exact) mass is 293 g/mol. The summed E-state index contributed by atoms with van der Waals surface area (Å²) in [6.07, 6.45) is 2.66. The van der Waals surface area contributed by atoms with Crippen LogP contribution in [0.15, 0.2) is 28.8 Å². The number of sulfone groups is 1. The van der Waals surface area contributed by atoms with Crippen LogP contribution in [-0.4, -0.2) is 24.8 Å². The summed E-state index contributed by atoms with van der Waals surface area (Å²) in [6, 6.07) is 7.27. The van der Waals surface area contributed by atoms with Crippen molar-refractivity contribution in [2.45, 2.75) is 24.1 Å². The van der Waals surface area contributed by atoms with E-state index in [1.54, 1.807) is 0 Å². The molecule has 1 saturated carbocycles. The van der Waals surface area contributed by atoms with Crippen molar-refractivity contribution in [3.63, 3.8) is 0 Å². The molecule has 1 aliphatic carbocycles. The number of hydrogen-bond acceptors (Lipinski definition) is 6. The van der Waals surface area contributed by atoms with Crippen LogP contribution in [0.3, 0.4) is 0 Å². The van der Waals surface area contributed by atoms with Crippen LogP contribution < -0.4 is 5.73 Å². The molecule has 0 unspecified atom stereocenters. The average Bonchev–Trinajstić information content (AvgIpc) is 3.11. The molecule has 1 aromatic carbocycles. The maximum Gasteiger partial charge on any atom is 0.240 e. The zero-order valence-corrected chi connectivity index (χ0v) is 11.9. The molecule has 0 radical (unpaired) electrons. The molecule has 1 fully saturated rings. The van der Waals surface area contributed by atoms with Crippen LogP contribution >= 0.6 is 0 Å². The Hall–Kier alpha value is -1.73. The molecule has 1 aliphatic rings. The maximum atomic E-state index is 11.9. The van der Waals surface area contributed by atoms with Gasteiger partial charge in [-0.05, 0) is 18.4 Å². The molecule has 0 bridgehead atoms. The molecule has 3 rings (SSSR count). The summed E-state index contributed by atoms with van der Waals surface area (Å²) in [4.78, 5) is 4.13. The highest BCUT2D eigenvalue weighted by molar-refractivity contribution is 7.92. The predicted octanol–water partition coefficient (Wildman–Crippen LogP) is 1.23. The van der Waals surface area contributed by atoms with Gasteiger partial charge in [0.1, 0.15) is 0 Å². The van der Waals surface area contributed by atoms with Gasteiger partial charge in [-0.2, -0.15) is 4.98 Å². The highest BCUT2D eigenvalue weighted by Crippen LogP contribution is 2.52. The molecule has 6 nitrogen and oxygen atoms in total. The first-order chi connectivity index (χ1) is 9.46. The lowest BCUT2D eigenvalue weighted by molar-refractivity contribution is 0.380. The Labute approximate surface area is 116 Å². The molecule has 1 aromatic heterocycles. The zero-order valence-electron chi connectivity index (χ0n) is 11.0. The number of benzene rings is 1. The van der Waals surface area contributed by atoms with E-state index in [1.807, 2.05) is 24.3 Å². The lowest BCUT2D eigenvalue weighted by Gasteiger charge is -2.13. The minimum absolute atomic E-state index is 0.197. The Morgan fingerprint density at radius 1 is 1.30 bits per heavy atom. The Morgan fingerprint density at radius 2 is 1.95 bits per heavy atom. The van der Waals surface area contributed by atoms with Crippen LogP contribution in [0.5, 0.6) is 0 Å². The third-order valence-corrected chi connectivity index (χ3v) is 5.79. The van der Waals surface area contributed by atoms with Gasteiger partial charge in [0.2, 0.25) is 11.7 Å². The van der Waals surface area contributed by atoms with Crippen LogP contribution in [0.4, 0.5) is 0 Å². The predicted molar refractivity (Wildman–Crippen MR) is 73.4 cm³/mol. The minimum Gasteiger partial charge on any atom is -0.338 e. The van der Waals surface area contributed by atoms with Crippen molar-refractivity contribution in [1.82, 2.24) is 10.1 Å². The van der Waals surface area contributed by atoms with Crippen LogP contribution in [-0.2, 0) is 21.1 Å². The van der Waals surface area contributed by atoms with E-state index >= 15 is 0 Å². The summed E-state index contributed by atoms with van der Waals surface area (Å²) in [5, 5.41) is 3.83. The van der Waals surface area contributed by atoms with Crippen LogP contribution in [0.25, 0.3) is 11.4 Å². The number of hydrogen-bond donors (Lipinski definition) is 1. The highest BCUT2D eigenvalue weighted by atomic mass is 32.2. The summed E-state index contributed by atoms with van der Waals surface area (Å²) in [5.41, 5.74) is 7.02. The SMILES string of the molecule is CS(=O)(=O)C1(c2ccc(-c3noc(CN)n3)cc2)CC1. The van der Waals surface area contributed by atoms with E-state index in [0.29, 0.717) is 24.6 Å². The molecule has 2 N–H and O–H groups in total.